The van der Waals surface area contributed by atoms with Gasteiger partial charge in [0, 0.05) is 42.0 Å². The number of Topliss-reactive ketones (excluding diaryl/α,β-unsaturated/α-hetero) is 1. The van der Waals surface area contributed by atoms with Gasteiger partial charge >= 0.3 is 5.97 Å². The Labute approximate surface area is 279 Å². The fraction of sp³-hybridized carbons (Fsp3) is 0.257. The first kappa shape index (κ1) is 35.5. The molecule has 0 amide bonds. The number of methoxy groups -OCH3 is 9. The van der Waals surface area contributed by atoms with Crippen molar-refractivity contribution in [3.05, 3.63) is 66.2 Å². The number of carboxylic acid groups (broad SMARTS) is 1. The van der Waals surface area contributed by atoms with Crippen LogP contribution in [0.15, 0.2) is 60.7 Å². The van der Waals surface area contributed by atoms with Crippen LogP contribution in [0, 0.1) is 0 Å². The fourth-order valence-electron chi connectivity index (χ4n) is 5.64. The van der Waals surface area contributed by atoms with E-state index in [4.69, 9.17) is 42.6 Å². The first-order valence-corrected chi connectivity index (χ1v) is 16.1. The average Bonchev–Trinajstić information content (AvgIpc) is 3.14. The Morgan fingerprint density at radius 3 is 0.938 bits per heavy atom. The Kier molecular flexibility index (Phi) is 11.1. The molecule has 0 heterocycles. The third kappa shape index (κ3) is 6.06. The molecule has 0 bridgehead atoms. The lowest BCUT2D eigenvalue weighted by Gasteiger charge is -2.33. The number of ketones is 1. The van der Waals surface area contributed by atoms with Crippen molar-refractivity contribution >= 4 is 40.2 Å². The third-order valence-corrected chi connectivity index (χ3v) is 12.2. The molecule has 0 fully saturated rings. The second-order valence-electron chi connectivity index (χ2n) is 9.99. The molecule has 13 heteroatoms. The maximum absolute atomic E-state index is 12.6. The number of aliphatic carboxylic acids is 1. The van der Waals surface area contributed by atoms with Crippen LogP contribution in [0.4, 0.5) is 0 Å². The van der Waals surface area contributed by atoms with Crippen LogP contribution in [-0.4, -0.2) is 80.8 Å². The summed E-state index contributed by atoms with van der Waals surface area (Å²) in [6.07, 6.45) is 0. The lowest BCUT2D eigenvalue weighted by molar-refractivity contribution is -0.131. The van der Waals surface area contributed by atoms with Gasteiger partial charge in [-0.1, -0.05) is 0 Å². The van der Waals surface area contributed by atoms with Crippen LogP contribution in [0.3, 0.4) is 0 Å². The molecule has 0 saturated heterocycles. The molecule has 0 saturated carbocycles. The molecule has 1 N–H and O–H groups in total. The van der Waals surface area contributed by atoms with E-state index in [0.717, 1.165) is 0 Å². The lowest BCUT2D eigenvalue weighted by Crippen LogP contribution is -2.42. The predicted molar refractivity (Wildman–Crippen MR) is 182 cm³/mol. The van der Waals surface area contributed by atoms with Crippen LogP contribution in [0.1, 0.15) is 10.4 Å². The summed E-state index contributed by atoms with van der Waals surface area (Å²) in [5, 5.41) is 11.7. The van der Waals surface area contributed by atoms with Crippen LogP contribution in [0.25, 0.3) is 0 Å². The number of carbonyl (C=O) groups excluding carboxylic acids is 1. The van der Waals surface area contributed by atoms with Gasteiger partial charge in [0.1, 0.15) is 22.6 Å². The standard InChI is InChI=1S/C35H37O12P/c1-39-21-14-25(42-4)32(26(15-21)43-5)48(24-12-10-20(11-13-24)31(36)35(37)38,33-27(44-6)16-22(40-2)17-28(33)45-7)34-29(46-8)18-23(41-3)19-30(34)47-9/h10-19H,1-9H3/p+1. The first-order valence-electron chi connectivity index (χ1n) is 14.3. The van der Waals surface area contributed by atoms with E-state index < -0.39 is 19.0 Å². The molecule has 12 nitrogen and oxygen atoms in total. The highest BCUT2D eigenvalue weighted by Gasteiger charge is 2.60. The van der Waals surface area contributed by atoms with Gasteiger partial charge in [0.25, 0.3) is 5.78 Å². The second kappa shape index (κ2) is 15.0. The SMILES string of the molecule is COc1cc(OC)c([P+](c2ccc(C(=O)C(=O)O)cc2)(c2c(OC)cc(OC)cc2OC)c2c(OC)cc(OC)cc2OC)c(OC)c1. The second-order valence-corrected chi connectivity index (χ2v) is 13.2. The average molecular weight is 682 g/mol. The highest BCUT2D eigenvalue weighted by Crippen LogP contribution is 2.65. The summed E-state index contributed by atoms with van der Waals surface area (Å²) in [5.41, 5.74) is -0.0275. The topological polar surface area (TPSA) is 137 Å². The molecule has 4 aromatic carbocycles. The van der Waals surface area contributed by atoms with Crippen molar-refractivity contribution in [3.63, 3.8) is 0 Å². The number of rotatable bonds is 15. The quantitative estimate of drug-likeness (QED) is 0.111. The zero-order chi connectivity index (χ0) is 35.2. The van der Waals surface area contributed by atoms with E-state index in [-0.39, 0.29) is 5.56 Å². The van der Waals surface area contributed by atoms with Crippen molar-refractivity contribution in [2.75, 3.05) is 64.0 Å². The molecule has 4 aromatic rings. The molecule has 0 aliphatic heterocycles. The normalized spacial score (nSPS) is 10.9. The van der Waals surface area contributed by atoms with E-state index in [0.29, 0.717) is 73.0 Å². The van der Waals surface area contributed by atoms with Crippen LogP contribution in [0.5, 0.6) is 51.7 Å². The third-order valence-electron chi connectivity index (χ3n) is 7.78. The zero-order valence-electron chi connectivity index (χ0n) is 28.2. The van der Waals surface area contributed by atoms with Crippen molar-refractivity contribution in [1.82, 2.24) is 0 Å². The van der Waals surface area contributed by atoms with E-state index in [9.17, 15) is 14.7 Å². The number of hydrogen-bond donors (Lipinski definition) is 1. The van der Waals surface area contributed by atoms with Gasteiger partial charge in [-0.3, -0.25) is 4.79 Å². The largest absolute Gasteiger partial charge is 0.496 e. The first-order chi connectivity index (χ1) is 23.1. The molecule has 0 unspecified atom stereocenters. The highest BCUT2D eigenvalue weighted by molar-refractivity contribution is 8.02. The molecule has 4 rings (SSSR count). The van der Waals surface area contributed by atoms with E-state index >= 15 is 0 Å². The number of carbonyl (C=O) groups is 2. The minimum Gasteiger partial charge on any atom is -0.496 e. The van der Waals surface area contributed by atoms with Crippen LogP contribution < -0.4 is 63.8 Å². The van der Waals surface area contributed by atoms with Gasteiger partial charge in [-0.25, -0.2) is 4.79 Å². The maximum atomic E-state index is 12.6. The van der Waals surface area contributed by atoms with Crippen molar-refractivity contribution < 1.29 is 57.3 Å². The molecule has 48 heavy (non-hydrogen) atoms. The molecule has 0 aromatic heterocycles. The van der Waals surface area contributed by atoms with Gasteiger partial charge in [-0.15, -0.1) is 0 Å². The molecule has 254 valence electrons. The molecular weight excluding hydrogens is 643 g/mol. The molecule has 0 aliphatic rings. The molecule has 0 aliphatic carbocycles. The summed E-state index contributed by atoms with van der Waals surface area (Å²) in [6, 6.07) is 16.6. The van der Waals surface area contributed by atoms with Gasteiger partial charge in [-0.05, 0) is 24.3 Å². The summed E-state index contributed by atoms with van der Waals surface area (Å²) in [6.45, 7) is 0. The minimum absolute atomic E-state index is 0.0275. The van der Waals surface area contributed by atoms with Crippen molar-refractivity contribution in [1.29, 1.82) is 0 Å². The van der Waals surface area contributed by atoms with Gasteiger partial charge in [0.05, 0.1) is 64.0 Å². The van der Waals surface area contributed by atoms with Crippen LogP contribution >= 0.6 is 7.26 Å². The summed E-state index contributed by atoms with van der Waals surface area (Å²) in [5.74, 6) is 0.907. The molecule has 0 atom stereocenters. The summed E-state index contributed by atoms with van der Waals surface area (Å²) >= 11 is 0. The minimum atomic E-state index is -3.57. The smallest absolute Gasteiger partial charge is 0.377 e. The van der Waals surface area contributed by atoms with E-state index in [1.165, 1.54) is 76.1 Å². The Bertz CT molecular complexity index is 1570. The highest BCUT2D eigenvalue weighted by atomic mass is 31.2. The lowest BCUT2D eigenvalue weighted by atomic mass is 10.1. The molecule has 0 spiro atoms. The van der Waals surface area contributed by atoms with E-state index in [1.54, 1.807) is 48.5 Å². The Balaban J connectivity index is 2.47. The Hall–Kier alpha value is -5.35. The fourth-order valence-corrected chi connectivity index (χ4v) is 10.6. The monoisotopic (exact) mass is 681 g/mol. The van der Waals surface area contributed by atoms with Crippen molar-refractivity contribution in [2.24, 2.45) is 0 Å². The van der Waals surface area contributed by atoms with Crippen molar-refractivity contribution in [2.45, 2.75) is 0 Å². The summed E-state index contributed by atoms with van der Waals surface area (Å²) in [4.78, 5) is 24.2. The predicted octanol–water partition coefficient (Wildman–Crippen LogP) is 3.65. The Morgan fingerprint density at radius 1 is 0.458 bits per heavy atom. The number of carboxylic acids is 1. The van der Waals surface area contributed by atoms with E-state index in [1.807, 2.05) is 0 Å². The number of benzene rings is 4. The van der Waals surface area contributed by atoms with Crippen LogP contribution in [-0.2, 0) is 4.79 Å². The molecular formula is C35H38O12P+. The Morgan fingerprint density at radius 2 is 0.729 bits per heavy atom. The van der Waals surface area contributed by atoms with Gasteiger partial charge in [0.2, 0.25) is 0 Å². The van der Waals surface area contributed by atoms with Gasteiger partial charge < -0.3 is 47.7 Å². The summed E-state index contributed by atoms with van der Waals surface area (Å²) < 4.78 is 53.5. The maximum Gasteiger partial charge on any atom is 0.377 e. The summed E-state index contributed by atoms with van der Waals surface area (Å²) in [7, 11) is 10.1. The van der Waals surface area contributed by atoms with Gasteiger partial charge in [0.15, 0.2) is 57.7 Å². The van der Waals surface area contributed by atoms with E-state index in [2.05, 4.69) is 0 Å². The van der Waals surface area contributed by atoms with Crippen molar-refractivity contribution in [3.8, 4) is 51.7 Å². The molecule has 0 radical (unpaired) electrons. The van der Waals surface area contributed by atoms with Gasteiger partial charge in [-0.2, -0.15) is 0 Å². The number of hydrogen-bond acceptors (Lipinski definition) is 11. The zero-order valence-corrected chi connectivity index (χ0v) is 29.1. The number of ether oxygens (including phenoxy) is 9. The van der Waals surface area contributed by atoms with Crippen LogP contribution in [0.2, 0.25) is 0 Å².